The molecular formula is C13H20Cl2F2N2. The molecule has 1 aromatic carbocycles. The predicted molar refractivity (Wildman–Crippen MR) is 78.8 cm³/mol. The van der Waals surface area contributed by atoms with Gasteiger partial charge in [-0.05, 0) is 24.1 Å². The molecule has 1 atom stereocenters. The average molecular weight is 313 g/mol. The highest BCUT2D eigenvalue weighted by Gasteiger charge is 2.22. The summed E-state index contributed by atoms with van der Waals surface area (Å²) in [7, 11) is 0. The lowest BCUT2D eigenvalue weighted by Crippen LogP contribution is -2.45. The third-order valence-electron chi connectivity index (χ3n) is 3.32. The maximum absolute atomic E-state index is 13.5. The summed E-state index contributed by atoms with van der Waals surface area (Å²) in [5.41, 5.74) is 1.34. The van der Waals surface area contributed by atoms with Crippen molar-refractivity contribution in [2.45, 2.75) is 13.0 Å². The van der Waals surface area contributed by atoms with Crippen LogP contribution in [0.1, 0.15) is 17.2 Å². The molecule has 0 aliphatic carbocycles. The van der Waals surface area contributed by atoms with Crippen molar-refractivity contribution >= 4 is 24.8 Å². The molecule has 6 heteroatoms. The van der Waals surface area contributed by atoms with Gasteiger partial charge in [-0.3, -0.25) is 4.90 Å². The lowest BCUT2D eigenvalue weighted by atomic mass is 10.0. The van der Waals surface area contributed by atoms with E-state index in [-0.39, 0.29) is 36.7 Å². The number of aryl methyl sites for hydroxylation is 1. The van der Waals surface area contributed by atoms with Gasteiger partial charge in [0, 0.05) is 26.2 Å². The van der Waals surface area contributed by atoms with Crippen molar-refractivity contribution in [2.75, 3.05) is 32.9 Å². The van der Waals surface area contributed by atoms with Crippen molar-refractivity contribution in [3.8, 4) is 0 Å². The highest BCUT2D eigenvalue weighted by molar-refractivity contribution is 5.85. The maximum atomic E-state index is 13.5. The number of piperazine rings is 1. The number of halogens is 4. The Morgan fingerprint density at radius 3 is 2.42 bits per heavy atom. The summed E-state index contributed by atoms with van der Waals surface area (Å²) in [4.78, 5) is 2.07. The average Bonchev–Trinajstić information content (AvgIpc) is 2.36. The van der Waals surface area contributed by atoms with Crippen LogP contribution < -0.4 is 5.32 Å². The zero-order valence-corrected chi connectivity index (χ0v) is 12.5. The van der Waals surface area contributed by atoms with Crippen molar-refractivity contribution in [2.24, 2.45) is 0 Å². The first-order valence-corrected chi connectivity index (χ1v) is 5.99. The second-order valence-electron chi connectivity index (χ2n) is 4.46. The van der Waals surface area contributed by atoms with Crippen molar-refractivity contribution in [3.05, 3.63) is 35.1 Å². The number of alkyl halides is 1. The van der Waals surface area contributed by atoms with Crippen LogP contribution in [-0.2, 0) is 0 Å². The topological polar surface area (TPSA) is 15.3 Å². The molecule has 1 aliphatic heterocycles. The van der Waals surface area contributed by atoms with E-state index in [4.69, 9.17) is 0 Å². The fourth-order valence-corrected chi connectivity index (χ4v) is 2.21. The number of nitrogens with one attached hydrogen (secondary N) is 1. The van der Waals surface area contributed by atoms with Crippen LogP contribution in [0.2, 0.25) is 0 Å². The molecule has 1 saturated heterocycles. The zero-order chi connectivity index (χ0) is 12.3. The fourth-order valence-electron chi connectivity index (χ4n) is 2.21. The molecule has 0 spiro atoms. The van der Waals surface area contributed by atoms with E-state index in [1.165, 1.54) is 6.07 Å². The van der Waals surface area contributed by atoms with Crippen molar-refractivity contribution < 1.29 is 8.78 Å². The number of hydrogen-bond donors (Lipinski definition) is 1. The molecule has 19 heavy (non-hydrogen) atoms. The monoisotopic (exact) mass is 312 g/mol. The molecule has 2 rings (SSSR count). The summed E-state index contributed by atoms with van der Waals surface area (Å²) in [6.45, 7) is 4.60. The van der Waals surface area contributed by atoms with Crippen LogP contribution in [0.4, 0.5) is 8.78 Å². The van der Waals surface area contributed by atoms with Gasteiger partial charge in [0.15, 0.2) is 0 Å². The molecule has 0 bridgehead atoms. The number of hydrogen-bond acceptors (Lipinski definition) is 2. The third-order valence-corrected chi connectivity index (χ3v) is 3.32. The molecule has 1 aromatic rings. The molecule has 2 nitrogen and oxygen atoms in total. The van der Waals surface area contributed by atoms with Crippen molar-refractivity contribution in [1.82, 2.24) is 10.2 Å². The Morgan fingerprint density at radius 2 is 1.89 bits per heavy atom. The summed E-state index contributed by atoms with van der Waals surface area (Å²) in [5, 5.41) is 3.23. The van der Waals surface area contributed by atoms with Gasteiger partial charge in [0.05, 0.1) is 6.04 Å². The first-order chi connectivity index (χ1) is 8.22. The molecule has 0 aromatic heterocycles. The lowest BCUT2D eigenvalue weighted by Gasteiger charge is -2.33. The van der Waals surface area contributed by atoms with E-state index in [1.807, 2.05) is 6.07 Å². The molecule has 0 unspecified atom stereocenters. The summed E-state index contributed by atoms with van der Waals surface area (Å²) < 4.78 is 26.7. The number of nitrogens with zero attached hydrogens (tertiary/aromatic N) is 1. The van der Waals surface area contributed by atoms with Crippen LogP contribution in [0, 0.1) is 12.7 Å². The minimum atomic E-state index is -0.470. The SMILES string of the molecule is Cc1ccc([C@H](CF)N2CCNCC2)cc1F.Cl.Cl. The smallest absolute Gasteiger partial charge is 0.126 e. The highest BCUT2D eigenvalue weighted by Crippen LogP contribution is 2.23. The normalized spacial score (nSPS) is 17.2. The van der Waals surface area contributed by atoms with Gasteiger partial charge in [0.25, 0.3) is 0 Å². The van der Waals surface area contributed by atoms with Gasteiger partial charge in [0.1, 0.15) is 12.5 Å². The molecule has 0 saturated carbocycles. The molecule has 0 radical (unpaired) electrons. The summed E-state index contributed by atoms with van der Waals surface area (Å²) in [6, 6.07) is 4.69. The van der Waals surface area contributed by atoms with Crippen LogP contribution in [0.15, 0.2) is 18.2 Å². The Labute approximate surface area is 125 Å². The Balaban J connectivity index is 0.00000162. The summed E-state index contributed by atoms with van der Waals surface area (Å²) in [5.74, 6) is -0.254. The van der Waals surface area contributed by atoms with E-state index >= 15 is 0 Å². The summed E-state index contributed by atoms with van der Waals surface area (Å²) >= 11 is 0. The Hall–Kier alpha value is -0.420. The highest BCUT2D eigenvalue weighted by atomic mass is 35.5. The van der Waals surface area contributed by atoms with E-state index in [0.717, 1.165) is 31.7 Å². The number of rotatable bonds is 3. The van der Waals surface area contributed by atoms with Gasteiger partial charge in [0.2, 0.25) is 0 Å². The third kappa shape index (κ3) is 4.56. The Morgan fingerprint density at radius 1 is 1.26 bits per heavy atom. The molecule has 1 N–H and O–H groups in total. The van der Waals surface area contributed by atoms with Gasteiger partial charge < -0.3 is 5.32 Å². The van der Waals surface area contributed by atoms with Crippen LogP contribution in [0.3, 0.4) is 0 Å². The lowest BCUT2D eigenvalue weighted by molar-refractivity contribution is 0.147. The quantitative estimate of drug-likeness (QED) is 0.923. The van der Waals surface area contributed by atoms with E-state index in [2.05, 4.69) is 10.2 Å². The minimum Gasteiger partial charge on any atom is -0.314 e. The Bertz CT molecular complexity index is 385. The molecular weight excluding hydrogens is 293 g/mol. The standard InChI is InChI=1S/C13H18F2N2.2ClH/c1-10-2-3-11(8-12(10)15)13(9-14)17-6-4-16-5-7-17;;/h2-3,8,13,16H,4-7,9H2,1H3;2*1H/t13-;;/m0../s1. The summed E-state index contributed by atoms with van der Waals surface area (Å²) in [6.07, 6.45) is 0. The second-order valence-corrected chi connectivity index (χ2v) is 4.46. The van der Waals surface area contributed by atoms with E-state index < -0.39 is 6.67 Å². The molecule has 0 amide bonds. The van der Waals surface area contributed by atoms with Crippen LogP contribution in [0.25, 0.3) is 0 Å². The van der Waals surface area contributed by atoms with Gasteiger partial charge in [-0.25, -0.2) is 8.78 Å². The molecule has 1 heterocycles. The van der Waals surface area contributed by atoms with Gasteiger partial charge in [-0.2, -0.15) is 0 Å². The van der Waals surface area contributed by atoms with E-state index in [9.17, 15) is 8.78 Å². The fraction of sp³-hybridized carbons (Fsp3) is 0.538. The molecule has 1 aliphatic rings. The van der Waals surface area contributed by atoms with Crippen LogP contribution in [-0.4, -0.2) is 37.8 Å². The van der Waals surface area contributed by atoms with Crippen LogP contribution in [0.5, 0.6) is 0 Å². The van der Waals surface area contributed by atoms with Crippen LogP contribution >= 0.6 is 24.8 Å². The first-order valence-electron chi connectivity index (χ1n) is 5.99. The first kappa shape index (κ1) is 18.6. The predicted octanol–water partition coefficient (Wildman–Crippen LogP) is 2.89. The molecule has 1 fully saturated rings. The van der Waals surface area contributed by atoms with Crippen molar-refractivity contribution in [3.63, 3.8) is 0 Å². The maximum Gasteiger partial charge on any atom is 0.126 e. The Kier molecular flexibility index (Phi) is 8.50. The largest absolute Gasteiger partial charge is 0.314 e. The number of benzene rings is 1. The van der Waals surface area contributed by atoms with Crippen molar-refractivity contribution in [1.29, 1.82) is 0 Å². The second kappa shape index (κ2) is 8.69. The van der Waals surface area contributed by atoms with Gasteiger partial charge >= 0.3 is 0 Å². The van der Waals surface area contributed by atoms with Gasteiger partial charge in [-0.15, -0.1) is 24.8 Å². The van der Waals surface area contributed by atoms with E-state index in [1.54, 1.807) is 13.0 Å². The van der Waals surface area contributed by atoms with Gasteiger partial charge in [-0.1, -0.05) is 12.1 Å². The van der Waals surface area contributed by atoms with E-state index in [0.29, 0.717) is 5.56 Å². The minimum absolute atomic E-state index is 0. The molecule has 110 valence electrons. The zero-order valence-electron chi connectivity index (χ0n) is 10.9.